The first-order chi connectivity index (χ1) is 8.81. The minimum atomic E-state index is 0.428. The van der Waals surface area contributed by atoms with Crippen molar-refractivity contribution in [3.63, 3.8) is 0 Å². The summed E-state index contributed by atoms with van der Waals surface area (Å²) in [4.78, 5) is 13.5. The van der Waals surface area contributed by atoms with Crippen molar-refractivity contribution in [2.24, 2.45) is 38.1 Å². The standard InChI is InChI=1S/C14H17N3S/c1-8-2-10-3-9(1)5-14(4-8,6-10)13-17-11-12(18-13)16-7-15-11/h7-10,13H,1-6H2. The summed E-state index contributed by atoms with van der Waals surface area (Å²) in [6.07, 6.45) is 10.4. The molecule has 0 N–H and O–H groups in total. The Kier molecular flexibility index (Phi) is 1.85. The fourth-order valence-corrected chi connectivity index (χ4v) is 6.63. The van der Waals surface area contributed by atoms with Gasteiger partial charge in [0.15, 0.2) is 5.84 Å². The first-order valence-corrected chi connectivity index (χ1v) is 8.04. The summed E-state index contributed by atoms with van der Waals surface area (Å²) >= 11 is 1.89. The first-order valence-electron chi connectivity index (χ1n) is 7.16. The molecule has 3 nitrogen and oxygen atoms in total. The number of fused-ring (bicyclic) bond motifs is 1. The number of hydrogen-bond donors (Lipinski definition) is 0. The highest BCUT2D eigenvalue weighted by molar-refractivity contribution is 8.16. The molecule has 2 aliphatic heterocycles. The van der Waals surface area contributed by atoms with Crippen LogP contribution in [0.15, 0.2) is 15.0 Å². The molecule has 4 bridgehead atoms. The van der Waals surface area contributed by atoms with Gasteiger partial charge in [0, 0.05) is 5.41 Å². The van der Waals surface area contributed by atoms with E-state index >= 15 is 0 Å². The Morgan fingerprint density at radius 2 is 1.72 bits per heavy atom. The van der Waals surface area contributed by atoms with E-state index in [1.54, 1.807) is 6.34 Å². The molecule has 0 radical (unpaired) electrons. The Balaban J connectivity index is 1.52. The second kappa shape index (κ2) is 3.27. The fraction of sp³-hybridized carbons (Fsp3) is 0.786. The maximum Gasteiger partial charge on any atom is 0.183 e. The van der Waals surface area contributed by atoms with E-state index in [0.717, 1.165) is 28.6 Å². The molecule has 1 atom stereocenters. The summed E-state index contributed by atoms with van der Waals surface area (Å²) in [5.74, 6) is 3.93. The second-order valence-electron chi connectivity index (χ2n) is 6.88. The molecule has 0 aromatic carbocycles. The predicted octanol–water partition coefficient (Wildman–Crippen LogP) is 3.11. The van der Waals surface area contributed by atoms with E-state index in [9.17, 15) is 0 Å². The number of hydrogen-bond acceptors (Lipinski definition) is 4. The molecule has 0 saturated heterocycles. The van der Waals surface area contributed by atoms with Crippen molar-refractivity contribution in [2.75, 3.05) is 0 Å². The van der Waals surface area contributed by atoms with Gasteiger partial charge in [-0.05, 0) is 56.3 Å². The Morgan fingerprint density at radius 1 is 1.06 bits per heavy atom. The molecular formula is C14H17N3S. The molecule has 6 aliphatic rings. The van der Waals surface area contributed by atoms with Crippen molar-refractivity contribution in [1.29, 1.82) is 0 Å². The van der Waals surface area contributed by atoms with Crippen LogP contribution in [0, 0.1) is 23.2 Å². The first kappa shape index (κ1) is 10.2. The highest BCUT2D eigenvalue weighted by Gasteiger charge is 2.56. The van der Waals surface area contributed by atoms with Crippen molar-refractivity contribution in [3.8, 4) is 0 Å². The molecule has 4 heteroatoms. The van der Waals surface area contributed by atoms with Gasteiger partial charge >= 0.3 is 0 Å². The lowest BCUT2D eigenvalue weighted by Gasteiger charge is -2.58. The summed E-state index contributed by atoms with van der Waals surface area (Å²) in [5, 5.41) is 1.51. The third-order valence-electron chi connectivity index (χ3n) is 5.62. The minimum absolute atomic E-state index is 0.428. The van der Waals surface area contributed by atoms with Gasteiger partial charge in [0.1, 0.15) is 16.8 Å². The topological polar surface area (TPSA) is 37.1 Å². The fourth-order valence-electron chi connectivity index (χ4n) is 5.41. The monoisotopic (exact) mass is 259 g/mol. The predicted molar refractivity (Wildman–Crippen MR) is 75.3 cm³/mol. The highest BCUT2D eigenvalue weighted by atomic mass is 32.2. The number of thioether (sulfide) groups is 1. The zero-order valence-corrected chi connectivity index (χ0v) is 11.2. The SMILES string of the molecule is C1=NC2=NC(C34CC5CC(CC(C5)C3)C4)SC2=N1. The molecule has 0 spiro atoms. The molecule has 0 amide bonds. The Labute approximate surface area is 111 Å². The van der Waals surface area contributed by atoms with Gasteiger partial charge in [0.25, 0.3) is 0 Å². The summed E-state index contributed by atoms with van der Waals surface area (Å²) in [7, 11) is 0. The van der Waals surface area contributed by atoms with Crippen molar-refractivity contribution in [3.05, 3.63) is 0 Å². The summed E-state index contributed by atoms with van der Waals surface area (Å²) in [6.45, 7) is 0. The van der Waals surface area contributed by atoms with Gasteiger partial charge in [-0.1, -0.05) is 11.8 Å². The van der Waals surface area contributed by atoms with Crippen LogP contribution in [0.3, 0.4) is 0 Å². The Bertz CT molecular complexity index is 470. The van der Waals surface area contributed by atoms with Crippen molar-refractivity contribution in [2.45, 2.75) is 43.9 Å². The quantitative estimate of drug-likeness (QED) is 0.713. The van der Waals surface area contributed by atoms with Crippen LogP contribution < -0.4 is 0 Å². The zero-order chi connectivity index (χ0) is 11.7. The molecule has 18 heavy (non-hydrogen) atoms. The molecule has 94 valence electrons. The van der Waals surface area contributed by atoms with E-state index in [1.807, 2.05) is 11.8 Å². The van der Waals surface area contributed by atoms with Gasteiger partial charge in [-0.25, -0.2) is 15.0 Å². The largest absolute Gasteiger partial charge is 0.249 e. The van der Waals surface area contributed by atoms with Crippen LogP contribution in [0.5, 0.6) is 0 Å². The molecule has 2 heterocycles. The highest BCUT2D eigenvalue weighted by Crippen LogP contribution is 2.63. The van der Waals surface area contributed by atoms with Gasteiger partial charge in [-0.15, -0.1) is 0 Å². The minimum Gasteiger partial charge on any atom is -0.249 e. The number of amidine groups is 1. The van der Waals surface area contributed by atoms with E-state index in [1.165, 1.54) is 38.5 Å². The average molecular weight is 259 g/mol. The third kappa shape index (κ3) is 1.25. The number of aliphatic imine (C=N–C) groups is 3. The van der Waals surface area contributed by atoms with Crippen molar-refractivity contribution >= 4 is 29.0 Å². The van der Waals surface area contributed by atoms with Crippen LogP contribution in [0.1, 0.15) is 38.5 Å². The number of rotatable bonds is 1. The lowest BCUT2D eigenvalue weighted by molar-refractivity contribution is -0.0519. The van der Waals surface area contributed by atoms with Crippen LogP contribution in [-0.2, 0) is 0 Å². The van der Waals surface area contributed by atoms with Crippen molar-refractivity contribution < 1.29 is 0 Å². The van der Waals surface area contributed by atoms with Gasteiger partial charge in [0.2, 0.25) is 0 Å². The molecule has 4 fully saturated rings. The summed E-state index contributed by atoms with van der Waals surface area (Å²) < 4.78 is 0. The molecule has 0 aromatic heterocycles. The lowest BCUT2D eigenvalue weighted by Crippen LogP contribution is -2.50. The molecular weight excluding hydrogens is 242 g/mol. The van der Waals surface area contributed by atoms with Gasteiger partial charge in [0.05, 0.1) is 0 Å². The van der Waals surface area contributed by atoms with Crippen LogP contribution in [0.4, 0.5) is 0 Å². The Hall–Kier alpha value is -0.640. The third-order valence-corrected chi connectivity index (χ3v) is 6.96. The number of nitrogens with zero attached hydrogens (tertiary/aromatic N) is 3. The average Bonchev–Trinajstić information content (AvgIpc) is 2.86. The lowest BCUT2D eigenvalue weighted by atomic mass is 9.49. The smallest absolute Gasteiger partial charge is 0.183 e. The maximum absolute atomic E-state index is 4.89. The van der Waals surface area contributed by atoms with Crippen LogP contribution in [-0.4, -0.2) is 22.6 Å². The summed E-state index contributed by atoms with van der Waals surface area (Å²) in [5.41, 5.74) is 0.495. The molecule has 1 unspecified atom stereocenters. The van der Waals surface area contributed by atoms with Crippen LogP contribution in [0.2, 0.25) is 0 Å². The van der Waals surface area contributed by atoms with Gasteiger partial charge in [-0.3, -0.25) is 0 Å². The molecule has 4 saturated carbocycles. The summed E-state index contributed by atoms with van der Waals surface area (Å²) in [6, 6.07) is 0. The van der Waals surface area contributed by atoms with Crippen LogP contribution >= 0.6 is 11.8 Å². The second-order valence-corrected chi connectivity index (χ2v) is 7.95. The van der Waals surface area contributed by atoms with E-state index < -0.39 is 0 Å². The molecule has 4 aliphatic carbocycles. The van der Waals surface area contributed by atoms with E-state index in [0.29, 0.717) is 10.8 Å². The molecule has 0 aromatic rings. The van der Waals surface area contributed by atoms with Crippen molar-refractivity contribution in [1.82, 2.24) is 0 Å². The maximum atomic E-state index is 4.89. The van der Waals surface area contributed by atoms with Crippen LogP contribution in [0.25, 0.3) is 0 Å². The van der Waals surface area contributed by atoms with E-state index in [-0.39, 0.29) is 0 Å². The normalized spacial score (nSPS) is 51.6. The van der Waals surface area contributed by atoms with E-state index in [4.69, 9.17) is 4.99 Å². The van der Waals surface area contributed by atoms with Gasteiger partial charge < -0.3 is 0 Å². The Morgan fingerprint density at radius 3 is 2.33 bits per heavy atom. The zero-order valence-electron chi connectivity index (χ0n) is 10.4. The molecule has 6 rings (SSSR count). The van der Waals surface area contributed by atoms with E-state index in [2.05, 4.69) is 9.98 Å². The van der Waals surface area contributed by atoms with Gasteiger partial charge in [-0.2, -0.15) is 0 Å².